The van der Waals surface area contributed by atoms with Gasteiger partial charge < -0.3 is 10.4 Å². The Morgan fingerprint density at radius 3 is 2.61 bits per heavy atom. The highest BCUT2D eigenvalue weighted by Crippen LogP contribution is 2.21. The molecule has 1 heterocycles. The number of phenols is 1. The number of hydrogen-bond donors (Lipinski definition) is 3. The number of aryl methyl sites for hydroxylation is 3. The number of benzene rings is 1. The van der Waals surface area contributed by atoms with Crippen LogP contribution in [-0.4, -0.2) is 21.2 Å². The summed E-state index contributed by atoms with van der Waals surface area (Å²) in [5.74, 6) is -0.0737. The Balaban J connectivity index is 2.24. The fourth-order valence-electron chi connectivity index (χ4n) is 1.77. The van der Waals surface area contributed by atoms with Crippen LogP contribution in [0.1, 0.15) is 27.3 Å². The number of H-pyrrole nitrogens is 1. The van der Waals surface area contributed by atoms with Crippen LogP contribution in [0.5, 0.6) is 5.75 Å². The number of anilines is 1. The van der Waals surface area contributed by atoms with Crippen molar-refractivity contribution in [3.8, 4) is 5.75 Å². The SMILES string of the molecule is Cc1ccc(NC(=O)c2c(C)n[nH]c2C)cc1O. The van der Waals surface area contributed by atoms with Crippen molar-refractivity contribution in [1.29, 1.82) is 0 Å². The van der Waals surface area contributed by atoms with Gasteiger partial charge in [-0.15, -0.1) is 0 Å². The van der Waals surface area contributed by atoms with Crippen molar-refractivity contribution in [2.45, 2.75) is 20.8 Å². The number of rotatable bonds is 2. The van der Waals surface area contributed by atoms with Gasteiger partial charge in [-0.1, -0.05) is 6.07 Å². The maximum absolute atomic E-state index is 12.1. The Labute approximate surface area is 105 Å². The molecular formula is C13H15N3O2. The highest BCUT2D eigenvalue weighted by molar-refractivity contribution is 6.05. The summed E-state index contributed by atoms with van der Waals surface area (Å²) in [7, 11) is 0. The molecule has 2 rings (SSSR count). The number of carbonyl (C=O) groups excluding carboxylic acids is 1. The predicted molar refractivity (Wildman–Crippen MR) is 68.9 cm³/mol. The Morgan fingerprint density at radius 1 is 1.33 bits per heavy atom. The lowest BCUT2D eigenvalue weighted by molar-refractivity contribution is 0.102. The van der Waals surface area contributed by atoms with Crippen LogP contribution in [0.3, 0.4) is 0 Å². The molecule has 18 heavy (non-hydrogen) atoms. The Hall–Kier alpha value is -2.30. The summed E-state index contributed by atoms with van der Waals surface area (Å²) in [5, 5.41) is 19.1. The lowest BCUT2D eigenvalue weighted by Gasteiger charge is -2.07. The van der Waals surface area contributed by atoms with Gasteiger partial charge in [0.15, 0.2) is 0 Å². The molecule has 0 radical (unpaired) electrons. The number of amides is 1. The minimum atomic E-state index is -0.234. The maximum Gasteiger partial charge on any atom is 0.259 e. The van der Waals surface area contributed by atoms with Gasteiger partial charge >= 0.3 is 0 Å². The third-order valence-corrected chi connectivity index (χ3v) is 2.82. The van der Waals surface area contributed by atoms with Gasteiger partial charge in [0.2, 0.25) is 0 Å². The highest BCUT2D eigenvalue weighted by atomic mass is 16.3. The minimum absolute atomic E-state index is 0.161. The monoisotopic (exact) mass is 245 g/mol. The van der Waals surface area contributed by atoms with Crippen LogP contribution in [0.4, 0.5) is 5.69 Å². The van der Waals surface area contributed by atoms with Crippen LogP contribution in [0.15, 0.2) is 18.2 Å². The predicted octanol–water partition coefficient (Wildman–Crippen LogP) is 2.29. The van der Waals surface area contributed by atoms with Gasteiger partial charge in [0, 0.05) is 17.4 Å². The second-order valence-electron chi connectivity index (χ2n) is 4.26. The standard InChI is InChI=1S/C13H15N3O2/c1-7-4-5-10(6-11(7)17)14-13(18)12-8(2)15-16-9(12)3/h4-6,17H,1-3H3,(H,14,18)(H,15,16). The van der Waals surface area contributed by atoms with Gasteiger partial charge in [-0.3, -0.25) is 9.89 Å². The molecule has 0 aliphatic heterocycles. The molecule has 0 saturated carbocycles. The van der Waals surface area contributed by atoms with E-state index in [9.17, 15) is 9.90 Å². The number of carbonyl (C=O) groups is 1. The third-order valence-electron chi connectivity index (χ3n) is 2.82. The van der Waals surface area contributed by atoms with Crippen LogP contribution in [0, 0.1) is 20.8 Å². The minimum Gasteiger partial charge on any atom is -0.508 e. The van der Waals surface area contributed by atoms with Crippen molar-refractivity contribution < 1.29 is 9.90 Å². The topological polar surface area (TPSA) is 78.0 Å². The lowest BCUT2D eigenvalue weighted by atomic mass is 10.1. The quantitative estimate of drug-likeness (QED) is 0.759. The van der Waals surface area contributed by atoms with Crippen LogP contribution in [0.2, 0.25) is 0 Å². The molecule has 5 heteroatoms. The van der Waals surface area contributed by atoms with Gasteiger partial charge in [0.1, 0.15) is 5.75 Å². The molecule has 0 saturated heterocycles. The lowest BCUT2D eigenvalue weighted by Crippen LogP contribution is -2.13. The average molecular weight is 245 g/mol. The zero-order valence-corrected chi connectivity index (χ0v) is 10.5. The van der Waals surface area contributed by atoms with E-state index in [2.05, 4.69) is 15.5 Å². The molecule has 5 nitrogen and oxygen atoms in total. The van der Waals surface area contributed by atoms with Gasteiger partial charge in [-0.05, 0) is 32.4 Å². The number of aromatic hydroxyl groups is 1. The summed E-state index contributed by atoms with van der Waals surface area (Å²) in [6, 6.07) is 5.02. The number of nitrogens with zero attached hydrogens (tertiary/aromatic N) is 1. The van der Waals surface area contributed by atoms with Gasteiger partial charge in [-0.25, -0.2) is 0 Å². The molecule has 0 aliphatic carbocycles. The van der Waals surface area contributed by atoms with Gasteiger partial charge in [0.25, 0.3) is 5.91 Å². The smallest absolute Gasteiger partial charge is 0.259 e. The second-order valence-corrected chi connectivity index (χ2v) is 4.26. The van der Waals surface area contributed by atoms with E-state index in [1.54, 1.807) is 32.9 Å². The zero-order valence-electron chi connectivity index (χ0n) is 10.5. The van der Waals surface area contributed by atoms with E-state index < -0.39 is 0 Å². The first-order valence-corrected chi connectivity index (χ1v) is 5.61. The molecule has 0 fully saturated rings. The van der Waals surface area contributed by atoms with Crippen molar-refractivity contribution in [3.05, 3.63) is 40.7 Å². The molecular weight excluding hydrogens is 230 g/mol. The van der Waals surface area contributed by atoms with E-state index in [4.69, 9.17) is 0 Å². The van der Waals surface area contributed by atoms with E-state index in [0.717, 1.165) is 11.3 Å². The van der Waals surface area contributed by atoms with Crippen LogP contribution >= 0.6 is 0 Å². The molecule has 1 aromatic carbocycles. The second kappa shape index (κ2) is 4.52. The number of aromatic amines is 1. The summed E-state index contributed by atoms with van der Waals surface area (Å²) >= 11 is 0. The molecule has 0 bridgehead atoms. The number of hydrogen-bond acceptors (Lipinski definition) is 3. The van der Waals surface area contributed by atoms with Crippen molar-refractivity contribution in [2.24, 2.45) is 0 Å². The highest BCUT2D eigenvalue weighted by Gasteiger charge is 2.15. The van der Waals surface area contributed by atoms with Crippen LogP contribution < -0.4 is 5.32 Å². The molecule has 0 spiro atoms. The Bertz CT molecular complexity index is 583. The van der Waals surface area contributed by atoms with E-state index >= 15 is 0 Å². The average Bonchev–Trinajstić information content (AvgIpc) is 2.64. The van der Waals surface area contributed by atoms with E-state index in [1.165, 1.54) is 6.07 Å². The molecule has 0 unspecified atom stereocenters. The molecule has 2 aromatic rings. The molecule has 0 atom stereocenters. The van der Waals surface area contributed by atoms with Crippen molar-refractivity contribution >= 4 is 11.6 Å². The summed E-state index contributed by atoms with van der Waals surface area (Å²) in [4.78, 5) is 12.1. The van der Waals surface area contributed by atoms with Crippen molar-refractivity contribution in [2.75, 3.05) is 5.32 Å². The first kappa shape index (κ1) is 12.2. The van der Waals surface area contributed by atoms with Gasteiger partial charge in [0.05, 0.1) is 11.3 Å². The summed E-state index contributed by atoms with van der Waals surface area (Å²) in [6.45, 7) is 5.36. The summed E-state index contributed by atoms with van der Waals surface area (Å²) < 4.78 is 0. The fourth-order valence-corrected chi connectivity index (χ4v) is 1.77. The molecule has 94 valence electrons. The number of nitrogens with one attached hydrogen (secondary N) is 2. The Morgan fingerprint density at radius 2 is 2.06 bits per heavy atom. The molecule has 1 aromatic heterocycles. The molecule has 1 amide bonds. The Kier molecular flexibility index (Phi) is 3.06. The normalized spacial score (nSPS) is 10.4. The number of phenolic OH excluding ortho intramolecular Hbond substituents is 1. The van der Waals surface area contributed by atoms with E-state index in [-0.39, 0.29) is 11.7 Å². The zero-order chi connectivity index (χ0) is 13.3. The van der Waals surface area contributed by atoms with Crippen LogP contribution in [0.25, 0.3) is 0 Å². The molecule has 3 N–H and O–H groups in total. The molecule has 0 aliphatic rings. The van der Waals surface area contributed by atoms with Crippen LogP contribution in [-0.2, 0) is 0 Å². The third kappa shape index (κ3) is 2.20. The van der Waals surface area contributed by atoms with Crippen molar-refractivity contribution in [1.82, 2.24) is 10.2 Å². The summed E-state index contributed by atoms with van der Waals surface area (Å²) in [6.07, 6.45) is 0. The van der Waals surface area contributed by atoms with Gasteiger partial charge in [-0.2, -0.15) is 5.10 Å². The summed E-state index contributed by atoms with van der Waals surface area (Å²) in [5.41, 5.74) is 3.24. The maximum atomic E-state index is 12.1. The largest absolute Gasteiger partial charge is 0.508 e. The number of aromatic nitrogens is 2. The van der Waals surface area contributed by atoms with E-state index in [0.29, 0.717) is 16.9 Å². The van der Waals surface area contributed by atoms with E-state index in [1.807, 2.05) is 0 Å². The first-order valence-electron chi connectivity index (χ1n) is 5.61. The first-order chi connectivity index (χ1) is 8.49. The van der Waals surface area contributed by atoms with Crippen molar-refractivity contribution in [3.63, 3.8) is 0 Å². The fraction of sp³-hybridized carbons (Fsp3) is 0.231.